The largest absolute Gasteiger partial charge is 0.507 e. The highest BCUT2D eigenvalue weighted by Crippen LogP contribution is 2.26. The van der Waals surface area contributed by atoms with E-state index >= 15 is 0 Å². The highest BCUT2D eigenvalue weighted by Gasteiger charge is 2.20. The van der Waals surface area contributed by atoms with Crippen molar-refractivity contribution in [1.82, 2.24) is 0 Å². The maximum Gasteiger partial charge on any atom is 0.458 e. The Morgan fingerprint density at radius 1 is 1.52 bits per heavy atom. The standard InChI is InChI=1S/C16H20BBrO3/c1-2-12(5-7-15-4-3-9-17(20)21-15)10-13-11-14(18)6-8-16(13)19/h3-4,6,8,10-11,15,19-20H,2,5,7,9H2,1H3/b12-10+/t15-/m0/s1. The monoisotopic (exact) mass is 350 g/mol. The van der Waals surface area contributed by atoms with Gasteiger partial charge in [0.15, 0.2) is 0 Å². The van der Waals surface area contributed by atoms with E-state index in [0.29, 0.717) is 6.32 Å². The van der Waals surface area contributed by atoms with Gasteiger partial charge in [0.05, 0.1) is 6.10 Å². The molecule has 0 aromatic heterocycles. The molecule has 0 unspecified atom stereocenters. The summed E-state index contributed by atoms with van der Waals surface area (Å²) in [4.78, 5) is 0. The topological polar surface area (TPSA) is 49.7 Å². The molecule has 1 aromatic rings. The first-order valence-electron chi connectivity index (χ1n) is 7.26. The van der Waals surface area contributed by atoms with Crippen LogP contribution in [0.1, 0.15) is 31.7 Å². The van der Waals surface area contributed by atoms with Gasteiger partial charge >= 0.3 is 7.12 Å². The number of phenolic OH excluding ortho intramolecular Hbond substituents is 1. The van der Waals surface area contributed by atoms with Crippen LogP contribution >= 0.6 is 15.9 Å². The van der Waals surface area contributed by atoms with E-state index in [0.717, 1.165) is 29.3 Å². The first-order valence-corrected chi connectivity index (χ1v) is 8.06. The zero-order valence-electron chi connectivity index (χ0n) is 12.1. The minimum Gasteiger partial charge on any atom is -0.507 e. The maximum atomic E-state index is 9.90. The van der Waals surface area contributed by atoms with E-state index in [2.05, 4.69) is 22.9 Å². The number of phenols is 1. The Labute approximate surface area is 134 Å². The smallest absolute Gasteiger partial charge is 0.458 e. The molecule has 5 heteroatoms. The van der Waals surface area contributed by atoms with E-state index in [1.165, 1.54) is 5.57 Å². The van der Waals surface area contributed by atoms with Crippen molar-refractivity contribution in [2.24, 2.45) is 0 Å². The number of allylic oxidation sites excluding steroid dienone is 2. The molecule has 2 N–H and O–H groups in total. The van der Waals surface area contributed by atoms with Crippen molar-refractivity contribution in [3.05, 3.63) is 46.0 Å². The summed E-state index contributed by atoms with van der Waals surface area (Å²) in [5.41, 5.74) is 2.07. The van der Waals surface area contributed by atoms with Crippen molar-refractivity contribution in [1.29, 1.82) is 0 Å². The average molecular weight is 351 g/mol. The molecule has 0 bridgehead atoms. The van der Waals surface area contributed by atoms with Crippen LogP contribution in [0.3, 0.4) is 0 Å². The zero-order chi connectivity index (χ0) is 15.2. The third kappa shape index (κ3) is 5.02. The van der Waals surface area contributed by atoms with E-state index < -0.39 is 7.12 Å². The second-order valence-corrected chi connectivity index (χ2v) is 6.11. The lowest BCUT2D eigenvalue weighted by molar-refractivity contribution is 0.192. The van der Waals surface area contributed by atoms with Gasteiger partial charge in [-0.15, -0.1) is 0 Å². The van der Waals surface area contributed by atoms with Gasteiger partial charge in [-0.2, -0.15) is 0 Å². The summed E-state index contributed by atoms with van der Waals surface area (Å²) in [5, 5.41) is 19.4. The molecule has 0 amide bonds. The Balaban J connectivity index is 2.02. The average Bonchev–Trinajstić information content (AvgIpc) is 2.47. The Kier molecular flexibility index (Phi) is 6.09. The molecule has 0 fully saturated rings. The van der Waals surface area contributed by atoms with Crippen LogP contribution < -0.4 is 0 Å². The SMILES string of the molecule is CC/C(=C\c1cc(Br)ccc1O)CC[C@@H]1C=CCB(O)O1. The Hall–Kier alpha value is -1.04. The van der Waals surface area contributed by atoms with Crippen molar-refractivity contribution in [2.45, 2.75) is 38.6 Å². The summed E-state index contributed by atoms with van der Waals surface area (Å²) in [5.74, 6) is 0.286. The van der Waals surface area contributed by atoms with Crippen molar-refractivity contribution in [3.63, 3.8) is 0 Å². The fourth-order valence-corrected chi connectivity index (χ4v) is 2.73. The molecule has 0 spiro atoms. The molecule has 1 heterocycles. The number of halogens is 1. The molecule has 1 aliphatic rings. The van der Waals surface area contributed by atoms with E-state index in [4.69, 9.17) is 4.65 Å². The van der Waals surface area contributed by atoms with Crippen molar-refractivity contribution >= 4 is 29.1 Å². The van der Waals surface area contributed by atoms with Gasteiger partial charge in [0, 0.05) is 16.4 Å². The van der Waals surface area contributed by atoms with Gasteiger partial charge in [0.1, 0.15) is 5.75 Å². The van der Waals surface area contributed by atoms with Crippen molar-refractivity contribution < 1.29 is 14.8 Å². The molecule has 1 atom stereocenters. The molecular weight excluding hydrogens is 331 g/mol. The fraction of sp³-hybridized carbons (Fsp3) is 0.375. The summed E-state index contributed by atoms with van der Waals surface area (Å²) in [6.07, 6.45) is 9.18. The van der Waals surface area contributed by atoms with Gasteiger partial charge in [-0.25, -0.2) is 0 Å². The molecule has 0 radical (unpaired) electrons. The first kappa shape index (κ1) is 16.3. The third-order valence-electron chi connectivity index (χ3n) is 3.57. The highest BCUT2D eigenvalue weighted by atomic mass is 79.9. The molecule has 1 aromatic carbocycles. The predicted molar refractivity (Wildman–Crippen MR) is 90.1 cm³/mol. The Morgan fingerprint density at radius 3 is 3.05 bits per heavy atom. The van der Waals surface area contributed by atoms with Crippen LogP contribution in [-0.4, -0.2) is 23.4 Å². The number of hydrogen-bond acceptors (Lipinski definition) is 3. The fourth-order valence-electron chi connectivity index (χ4n) is 2.35. The maximum absolute atomic E-state index is 9.90. The van der Waals surface area contributed by atoms with E-state index in [-0.39, 0.29) is 11.9 Å². The second-order valence-electron chi connectivity index (χ2n) is 5.19. The number of aromatic hydroxyl groups is 1. The lowest BCUT2D eigenvalue weighted by Gasteiger charge is -2.20. The van der Waals surface area contributed by atoms with Crippen LogP contribution in [-0.2, 0) is 4.65 Å². The van der Waals surface area contributed by atoms with Crippen molar-refractivity contribution in [2.75, 3.05) is 0 Å². The van der Waals surface area contributed by atoms with Gasteiger partial charge in [0.2, 0.25) is 0 Å². The van der Waals surface area contributed by atoms with Crippen LogP contribution in [0.5, 0.6) is 5.75 Å². The number of hydrogen-bond donors (Lipinski definition) is 2. The molecule has 2 rings (SSSR count). The van der Waals surface area contributed by atoms with Gasteiger partial charge in [-0.1, -0.05) is 46.7 Å². The Morgan fingerprint density at radius 2 is 2.33 bits per heavy atom. The lowest BCUT2D eigenvalue weighted by Crippen LogP contribution is -2.27. The summed E-state index contributed by atoms with van der Waals surface area (Å²) < 4.78 is 6.41. The van der Waals surface area contributed by atoms with Crippen LogP contribution in [0.4, 0.5) is 0 Å². The van der Waals surface area contributed by atoms with Crippen molar-refractivity contribution in [3.8, 4) is 5.75 Å². The van der Waals surface area contributed by atoms with Crippen LogP contribution in [0, 0.1) is 0 Å². The predicted octanol–water partition coefficient (Wildman–Crippen LogP) is 4.16. The summed E-state index contributed by atoms with van der Waals surface area (Å²) >= 11 is 3.42. The summed E-state index contributed by atoms with van der Waals surface area (Å²) in [6.45, 7) is 2.10. The minimum absolute atomic E-state index is 0.0280. The van der Waals surface area contributed by atoms with Crippen LogP contribution in [0.15, 0.2) is 40.4 Å². The summed E-state index contributed by atoms with van der Waals surface area (Å²) in [7, 11) is -0.678. The number of benzene rings is 1. The molecule has 0 saturated heterocycles. The molecule has 112 valence electrons. The van der Waals surface area contributed by atoms with Gasteiger partial charge in [0.25, 0.3) is 0 Å². The molecular formula is C16H20BBrO3. The first-order chi connectivity index (χ1) is 10.1. The minimum atomic E-state index is -0.678. The van der Waals surface area contributed by atoms with Crippen LogP contribution in [0.25, 0.3) is 6.08 Å². The summed E-state index contributed by atoms with van der Waals surface area (Å²) in [6, 6.07) is 5.42. The zero-order valence-corrected chi connectivity index (χ0v) is 13.7. The number of rotatable bonds is 5. The van der Waals surface area contributed by atoms with Crippen LogP contribution in [0.2, 0.25) is 6.32 Å². The normalized spacial score (nSPS) is 19.1. The highest BCUT2D eigenvalue weighted by molar-refractivity contribution is 9.10. The molecule has 0 aliphatic carbocycles. The Bertz CT molecular complexity index is 542. The van der Waals surface area contributed by atoms with Gasteiger partial charge < -0.3 is 14.8 Å². The van der Waals surface area contributed by atoms with E-state index in [9.17, 15) is 10.1 Å². The van der Waals surface area contributed by atoms with Gasteiger partial charge in [-0.3, -0.25) is 0 Å². The van der Waals surface area contributed by atoms with E-state index in [1.807, 2.05) is 30.4 Å². The lowest BCUT2D eigenvalue weighted by atomic mass is 9.82. The molecule has 21 heavy (non-hydrogen) atoms. The van der Waals surface area contributed by atoms with Gasteiger partial charge in [-0.05, 0) is 37.5 Å². The molecule has 3 nitrogen and oxygen atoms in total. The third-order valence-corrected chi connectivity index (χ3v) is 4.07. The molecule has 1 aliphatic heterocycles. The quantitative estimate of drug-likeness (QED) is 0.619. The molecule has 0 saturated carbocycles. The van der Waals surface area contributed by atoms with E-state index in [1.54, 1.807) is 6.07 Å². The second kappa shape index (κ2) is 7.83.